The molecule has 2 fully saturated rings. The Morgan fingerprint density at radius 2 is 2.19 bits per heavy atom. The van der Waals surface area contributed by atoms with Gasteiger partial charge in [-0.15, -0.1) is 0 Å². The Labute approximate surface area is 125 Å². The summed E-state index contributed by atoms with van der Waals surface area (Å²) in [5.41, 5.74) is 1.21. The van der Waals surface area contributed by atoms with Crippen LogP contribution in [0.3, 0.4) is 0 Å². The summed E-state index contributed by atoms with van der Waals surface area (Å²) >= 11 is 0. The van der Waals surface area contributed by atoms with E-state index in [1.807, 2.05) is 30.2 Å². The predicted octanol–water partition coefficient (Wildman–Crippen LogP) is 2.28. The molecule has 21 heavy (non-hydrogen) atoms. The molecule has 1 aromatic rings. The predicted molar refractivity (Wildman–Crippen MR) is 78.4 cm³/mol. The quantitative estimate of drug-likeness (QED) is 0.856. The number of carbonyl (C=O) groups is 1. The van der Waals surface area contributed by atoms with Gasteiger partial charge in [0.25, 0.3) is 0 Å². The number of benzene rings is 1. The molecule has 3 rings (SSSR count). The summed E-state index contributed by atoms with van der Waals surface area (Å²) in [5, 5.41) is 2.02. The van der Waals surface area contributed by atoms with Crippen molar-refractivity contribution in [2.45, 2.75) is 26.4 Å². The van der Waals surface area contributed by atoms with Gasteiger partial charge in [0.05, 0.1) is 19.3 Å². The van der Waals surface area contributed by atoms with Gasteiger partial charge in [-0.05, 0) is 12.5 Å². The SMILES string of the molecule is CCOC(=O)N1C[C@@H]2N(Cc3ccccc3)OC[C@]2(C)C1. The van der Waals surface area contributed by atoms with Gasteiger partial charge in [0.15, 0.2) is 0 Å². The highest BCUT2D eigenvalue weighted by Gasteiger charge is 2.53. The van der Waals surface area contributed by atoms with Crippen LogP contribution in [0.4, 0.5) is 4.79 Å². The van der Waals surface area contributed by atoms with E-state index in [1.165, 1.54) is 5.56 Å². The Morgan fingerprint density at radius 1 is 1.43 bits per heavy atom. The van der Waals surface area contributed by atoms with E-state index < -0.39 is 0 Å². The van der Waals surface area contributed by atoms with Crippen LogP contribution in [0.25, 0.3) is 0 Å². The highest BCUT2D eigenvalue weighted by molar-refractivity contribution is 5.68. The fourth-order valence-corrected chi connectivity index (χ4v) is 3.21. The summed E-state index contributed by atoms with van der Waals surface area (Å²) in [5.74, 6) is 0. The second kappa shape index (κ2) is 5.66. The zero-order chi connectivity index (χ0) is 14.9. The Hall–Kier alpha value is -1.59. The third kappa shape index (κ3) is 2.76. The molecule has 1 amide bonds. The molecule has 2 aliphatic rings. The molecule has 0 aromatic heterocycles. The number of rotatable bonds is 3. The first kappa shape index (κ1) is 14.4. The molecular weight excluding hydrogens is 268 g/mol. The van der Waals surface area contributed by atoms with E-state index in [4.69, 9.17) is 9.57 Å². The normalized spacial score (nSPS) is 28.7. The van der Waals surface area contributed by atoms with Crippen molar-refractivity contribution in [3.8, 4) is 0 Å². The molecule has 2 aliphatic heterocycles. The van der Waals surface area contributed by atoms with Gasteiger partial charge in [0.2, 0.25) is 0 Å². The van der Waals surface area contributed by atoms with Crippen molar-refractivity contribution < 1.29 is 14.4 Å². The lowest BCUT2D eigenvalue weighted by atomic mass is 9.87. The van der Waals surface area contributed by atoms with Crippen LogP contribution in [0.2, 0.25) is 0 Å². The molecule has 0 spiro atoms. The Balaban J connectivity index is 1.69. The summed E-state index contributed by atoms with van der Waals surface area (Å²) in [4.78, 5) is 19.6. The standard InChI is InChI=1S/C16H22N2O3/c1-3-20-15(19)17-10-14-16(2,11-17)12-21-18(14)9-13-7-5-4-6-8-13/h4-8,14H,3,9-12H2,1-2H3/t14-,16-/m0/s1. The fraction of sp³-hybridized carbons (Fsp3) is 0.562. The van der Waals surface area contributed by atoms with Crippen molar-refractivity contribution in [2.75, 3.05) is 26.3 Å². The highest BCUT2D eigenvalue weighted by Crippen LogP contribution is 2.40. The van der Waals surface area contributed by atoms with Crippen molar-refractivity contribution >= 4 is 6.09 Å². The van der Waals surface area contributed by atoms with Crippen LogP contribution >= 0.6 is 0 Å². The van der Waals surface area contributed by atoms with Gasteiger partial charge in [0.1, 0.15) is 0 Å². The Morgan fingerprint density at radius 3 is 2.90 bits per heavy atom. The topological polar surface area (TPSA) is 42.0 Å². The third-order valence-corrected chi connectivity index (χ3v) is 4.36. The van der Waals surface area contributed by atoms with Crippen molar-refractivity contribution in [3.05, 3.63) is 35.9 Å². The molecular formula is C16H22N2O3. The summed E-state index contributed by atoms with van der Waals surface area (Å²) in [6.45, 7) is 7.20. The largest absolute Gasteiger partial charge is 0.450 e. The van der Waals surface area contributed by atoms with Gasteiger partial charge in [-0.2, -0.15) is 5.06 Å². The number of hydrogen-bond donors (Lipinski definition) is 0. The number of likely N-dealkylation sites (tertiary alicyclic amines) is 1. The van der Waals surface area contributed by atoms with E-state index in [9.17, 15) is 4.79 Å². The summed E-state index contributed by atoms with van der Waals surface area (Å²) in [6.07, 6.45) is -0.215. The molecule has 0 unspecified atom stereocenters. The molecule has 0 bridgehead atoms. The molecule has 0 N–H and O–H groups in total. The minimum absolute atomic E-state index is 0.0124. The van der Waals surface area contributed by atoms with E-state index in [0.717, 1.165) is 6.54 Å². The zero-order valence-corrected chi connectivity index (χ0v) is 12.6. The average Bonchev–Trinajstić information content (AvgIpc) is 2.96. The highest BCUT2D eigenvalue weighted by atomic mass is 16.7. The van der Waals surface area contributed by atoms with Crippen LogP contribution in [0, 0.1) is 5.41 Å². The molecule has 114 valence electrons. The first-order valence-electron chi connectivity index (χ1n) is 7.47. The monoisotopic (exact) mass is 290 g/mol. The lowest BCUT2D eigenvalue weighted by Crippen LogP contribution is -2.37. The summed E-state index contributed by atoms with van der Waals surface area (Å²) < 4.78 is 5.12. The lowest BCUT2D eigenvalue weighted by molar-refractivity contribution is -0.141. The van der Waals surface area contributed by atoms with E-state index in [1.54, 1.807) is 4.90 Å². The second-order valence-corrected chi connectivity index (χ2v) is 6.08. The number of fused-ring (bicyclic) bond motifs is 1. The van der Waals surface area contributed by atoms with Gasteiger partial charge in [-0.1, -0.05) is 37.3 Å². The minimum atomic E-state index is -0.215. The molecule has 2 heterocycles. The summed E-state index contributed by atoms with van der Waals surface area (Å²) in [6, 6.07) is 10.5. The smallest absolute Gasteiger partial charge is 0.409 e. The third-order valence-electron chi connectivity index (χ3n) is 4.36. The van der Waals surface area contributed by atoms with Crippen LogP contribution in [-0.2, 0) is 16.1 Å². The molecule has 5 heteroatoms. The second-order valence-electron chi connectivity index (χ2n) is 6.08. The summed E-state index contributed by atoms with van der Waals surface area (Å²) in [7, 11) is 0. The van der Waals surface area contributed by atoms with E-state index in [-0.39, 0.29) is 17.6 Å². The molecule has 0 radical (unpaired) electrons. The molecule has 2 saturated heterocycles. The van der Waals surface area contributed by atoms with Crippen molar-refractivity contribution in [2.24, 2.45) is 5.41 Å². The number of carbonyl (C=O) groups excluding carboxylic acids is 1. The van der Waals surface area contributed by atoms with Gasteiger partial charge in [-0.3, -0.25) is 4.84 Å². The Kier molecular flexibility index (Phi) is 3.87. The molecule has 0 saturated carbocycles. The maximum atomic E-state index is 11.9. The van der Waals surface area contributed by atoms with Crippen molar-refractivity contribution in [3.63, 3.8) is 0 Å². The van der Waals surface area contributed by atoms with E-state index in [0.29, 0.717) is 26.3 Å². The van der Waals surface area contributed by atoms with Crippen LogP contribution in [0.15, 0.2) is 30.3 Å². The average molecular weight is 290 g/mol. The van der Waals surface area contributed by atoms with Crippen LogP contribution in [0.5, 0.6) is 0 Å². The fourth-order valence-electron chi connectivity index (χ4n) is 3.21. The zero-order valence-electron chi connectivity index (χ0n) is 12.6. The van der Waals surface area contributed by atoms with Gasteiger partial charge < -0.3 is 9.64 Å². The molecule has 0 aliphatic carbocycles. The maximum Gasteiger partial charge on any atom is 0.409 e. The van der Waals surface area contributed by atoms with Gasteiger partial charge in [-0.25, -0.2) is 4.79 Å². The minimum Gasteiger partial charge on any atom is -0.450 e. The van der Waals surface area contributed by atoms with Crippen LogP contribution in [0.1, 0.15) is 19.4 Å². The van der Waals surface area contributed by atoms with Crippen LogP contribution < -0.4 is 0 Å². The number of nitrogens with zero attached hydrogens (tertiary/aromatic N) is 2. The number of amides is 1. The van der Waals surface area contributed by atoms with E-state index >= 15 is 0 Å². The number of hydroxylamine groups is 2. The maximum absolute atomic E-state index is 11.9. The Bertz CT molecular complexity index is 508. The molecule has 5 nitrogen and oxygen atoms in total. The van der Waals surface area contributed by atoms with Crippen molar-refractivity contribution in [1.29, 1.82) is 0 Å². The van der Waals surface area contributed by atoms with Gasteiger partial charge >= 0.3 is 6.09 Å². The lowest BCUT2D eigenvalue weighted by Gasteiger charge is -2.24. The number of ether oxygens (including phenoxy) is 1. The molecule has 2 atom stereocenters. The van der Waals surface area contributed by atoms with Crippen LogP contribution in [-0.4, -0.2) is 48.4 Å². The molecule has 1 aromatic carbocycles. The van der Waals surface area contributed by atoms with Gasteiger partial charge in [0, 0.05) is 25.0 Å². The first-order chi connectivity index (χ1) is 10.1. The van der Waals surface area contributed by atoms with Crippen molar-refractivity contribution in [1.82, 2.24) is 9.96 Å². The first-order valence-corrected chi connectivity index (χ1v) is 7.47. The van der Waals surface area contributed by atoms with E-state index in [2.05, 4.69) is 19.1 Å². The number of hydrogen-bond acceptors (Lipinski definition) is 4.